The van der Waals surface area contributed by atoms with Gasteiger partial charge >= 0.3 is 5.97 Å². The van der Waals surface area contributed by atoms with Crippen molar-refractivity contribution in [3.05, 3.63) is 69.2 Å². The maximum atomic E-state index is 15.5. The highest BCUT2D eigenvalue weighted by Crippen LogP contribution is 2.57. The molecule has 2 fully saturated rings. The summed E-state index contributed by atoms with van der Waals surface area (Å²) in [5, 5.41) is 0.399. The minimum Gasteiger partial charge on any atom is -0.443 e. The summed E-state index contributed by atoms with van der Waals surface area (Å²) in [7, 11) is 0. The quantitative estimate of drug-likeness (QED) is 0.530. The van der Waals surface area contributed by atoms with E-state index in [0.29, 0.717) is 12.0 Å². The molecule has 0 aliphatic carbocycles. The summed E-state index contributed by atoms with van der Waals surface area (Å²) < 4.78 is 35.7. The van der Waals surface area contributed by atoms with E-state index in [1.807, 2.05) is 4.90 Å². The van der Waals surface area contributed by atoms with Crippen LogP contribution in [0.15, 0.2) is 36.4 Å². The molecule has 2 aliphatic rings. The van der Waals surface area contributed by atoms with Gasteiger partial charge in [0.05, 0.1) is 5.54 Å². The number of rotatable bonds is 3. The van der Waals surface area contributed by atoms with Crippen molar-refractivity contribution in [3.8, 4) is 0 Å². The van der Waals surface area contributed by atoms with E-state index >= 15 is 4.39 Å². The van der Waals surface area contributed by atoms with Gasteiger partial charge in [0.1, 0.15) is 17.7 Å². The van der Waals surface area contributed by atoms with Crippen molar-refractivity contribution in [1.82, 2.24) is 4.90 Å². The summed E-state index contributed by atoms with van der Waals surface area (Å²) >= 11 is 12.2. The SMILES string of the molecule is CC(C)(C)C[C@@H]1N2[C@@H](C(=O)OC2(C)C)[C@H](c2cc(F)cc(Cl)c2)[C@@]1(N)c1ccc(Cl)cc1F. The summed E-state index contributed by atoms with van der Waals surface area (Å²) in [6, 6.07) is 7.07. The van der Waals surface area contributed by atoms with Crippen molar-refractivity contribution in [2.75, 3.05) is 0 Å². The molecule has 0 amide bonds. The fourth-order valence-electron chi connectivity index (χ4n) is 5.62. The van der Waals surface area contributed by atoms with Gasteiger partial charge in [-0.2, -0.15) is 0 Å². The zero-order chi connectivity index (χ0) is 24.5. The standard InChI is InChI=1S/C25H28Cl2F2N2O2/c1-23(2,3)12-19-25(30,17-7-6-14(26)11-18(17)29)20(13-8-15(27)10-16(28)9-13)21-22(32)33-24(4,5)31(19)21/h6-11,19-21H,12,30H2,1-5H3/t19-,20-,21+,25+/m0/s1. The van der Waals surface area contributed by atoms with Crippen molar-refractivity contribution in [1.29, 1.82) is 0 Å². The molecule has 8 heteroatoms. The summed E-state index contributed by atoms with van der Waals surface area (Å²) in [5.74, 6) is -2.44. The molecule has 4 nitrogen and oxygen atoms in total. The Morgan fingerprint density at radius 1 is 1.09 bits per heavy atom. The molecular formula is C25H28Cl2F2N2O2. The third kappa shape index (κ3) is 4.05. The molecule has 0 radical (unpaired) electrons. The number of fused-ring (bicyclic) bond motifs is 1. The van der Waals surface area contributed by atoms with Crippen LogP contribution in [0.4, 0.5) is 8.78 Å². The van der Waals surface area contributed by atoms with E-state index in [1.165, 1.54) is 18.2 Å². The van der Waals surface area contributed by atoms with Crippen LogP contribution in [-0.2, 0) is 15.1 Å². The van der Waals surface area contributed by atoms with Crippen LogP contribution in [0.1, 0.15) is 58.1 Å². The minimum atomic E-state index is -1.40. The Kier molecular flexibility index (Phi) is 5.85. The average molecular weight is 497 g/mol. The van der Waals surface area contributed by atoms with Crippen LogP contribution in [0.2, 0.25) is 10.0 Å². The molecule has 178 valence electrons. The molecule has 2 heterocycles. The second kappa shape index (κ2) is 7.91. The molecule has 33 heavy (non-hydrogen) atoms. The molecule has 4 rings (SSSR count). The Hall–Kier alpha value is -1.73. The van der Waals surface area contributed by atoms with Gasteiger partial charge in [0, 0.05) is 27.6 Å². The lowest BCUT2D eigenvalue weighted by Gasteiger charge is -2.44. The number of hydrogen-bond acceptors (Lipinski definition) is 4. The number of carbonyl (C=O) groups excluding carboxylic acids is 1. The van der Waals surface area contributed by atoms with Gasteiger partial charge in [-0.3, -0.25) is 4.79 Å². The van der Waals surface area contributed by atoms with Crippen molar-refractivity contribution in [2.24, 2.45) is 11.1 Å². The molecule has 0 aromatic heterocycles. The zero-order valence-corrected chi connectivity index (χ0v) is 20.8. The van der Waals surface area contributed by atoms with Crippen LogP contribution >= 0.6 is 23.2 Å². The maximum absolute atomic E-state index is 15.5. The predicted octanol–water partition coefficient (Wildman–Crippen LogP) is 5.99. The smallest absolute Gasteiger partial charge is 0.325 e. The van der Waals surface area contributed by atoms with E-state index in [4.69, 9.17) is 33.7 Å². The van der Waals surface area contributed by atoms with Gasteiger partial charge in [0.15, 0.2) is 5.72 Å². The maximum Gasteiger partial charge on any atom is 0.325 e. The van der Waals surface area contributed by atoms with Gasteiger partial charge < -0.3 is 10.5 Å². The highest BCUT2D eigenvalue weighted by atomic mass is 35.5. The number of esters is 1. The number of carbonyl (C=O) groups is 1. The second-order valence-corrected chi connectivity index (χ2v) is 11.6. The average Bonchev–Trinajstić information content (AvgIpc) is 3.02. The van der Waals surface area contributed by atoms with E-state index in [-0.39, 0.29) is 21.0 Å². The molecule has 2 saturated heterocycles. The molecule has 2 aromatic carbocycles. The molecule has 0 spiro atoms. The van der Waals surface area contributed by atoms with E-state index in [9.17, 15) is 9.18 Å². The monoisotopic (exact) mass is 496 g/mol. The van der Waals surface area contributed by atoms with Crippen LogP contribution in [0.25, 0.3) is 0 Å². The van der Waals surface area contributed by atoms with Crippen molar-refractivity contribution in [3.63, 3.8) is 0 Å². The molecule has 2 aliphatic heterocycles. The van der Waals surface area contributed by atoms with E-state index in [0.717, 1.165) is 0 Å². The first-order valence-electron chi connectivity index (χ1n) is 10.9. The van der Waals surface area contributed by atoms with Gasteiger partial charge in [-0.15, -0.1) is 0 Å². The van der Waals surface area contributed by atoms with E-state index in [1.54, 1.807) is 32.0 Å². The Bertz CT molecular complexity index is 1100. The molecule has 2 aromatic rings. The molecule has 4 atom stereocenters. The Labute approximate surface area is 203 Å². The molecule has 0 unspecified atom stereocenters. The highest BCUT2D eigenvalue weighted by Gasteiger charge is 2.69. The Morgan fingerprint density at radius 2 is 1.76 bits per heavy atom. The van der Waals surface area contributed by atoms with E-state index < -0.39 is 46.9 Å². The largest absolute Gasteiger partial charge is 0.443 e. The lowest BCUT2D eigenvalue weighted by Crippen LogP contribution is -2.56. The zero-order valence-electron chi connectivity index (χ0n) is 19.3. The molecular weight excluding hydrogens is 469 g/mol. The van der Waals surface area contributed by atoms with Crippen LogP contribution < -0.4 is 5.73 Å². The van der Waals surface area contributed by atoms with Gasteiger partial charge in [0.25, 0.3) is 0 Å². The van der Waals surface area contributed by atoms with Gasteiger partial charge in [-0.05, 0) is 61.6 Å². The normalized spacial score (nSPS) is 29.3. The van der Waals surface area contributed by atoms with Gasteiger partial charge in [-0.1, -0.05) is 50.0 Å². The summed E-state index contributed by atoms with van der Waals surface area (Å²) in [5.41, 5.74) is 5.25. The first-order chi connectivity index (χ1) is 15.1. The lowest BCUT2D eigenvalue weighted by molar-refractivity contribution is -0.152. The number of benzene rings is 2. The Morgan fingerprint density at radius 3 is 2.33 bits per heavy atom. The Balaban J connectivity index is 2.05. The minimum absolute atomic E-state index is 0.167. The second-order valence-electron chi connectivity index (χ2n) is 10.7. The van der Waals surface area contributed by atoms with Crippen molar-refractivity contribution < 1.29 is 18.3 Å². The van der Waals surface area contributed by atoms with Crippen LogP contribution in [0.5, 0.6) is 0 Å². The molecule has 2 N–H and O–H groups in total. The molecule has 0 bridgehead atoms. The number of cyclic esters (lactones) is 1. The van der Waals surface area contributed by atoms with Crippen LogP contribution in [-0.4, -0.2) is 28.7 Å². The first-order valence-corrected chi connectivity index (χ1v) is 11.6. The summed E-state index contributed by atoms with van der Waals surface area (Å²) in [6.07, 6.45) is 0.529. The fourth-order valence-corrected chi connectivity index (χ4v) is 6.01. The third-order valence-electron chi connectivity index (χ3n) is 6.68. The number of nitrogens with two attached hydrogens (primary N) is 1. The van der Waals surface area contributed by atoms with Crippen LogP contribution in [0.3, 0.4) is 0 Å². The summed E-state index contributed by atoms with van der Waals surface area (Å²) in [4.78, 5) is 15.2. The van der Waals surface area contributed by atoms with E-state index in [2.05, 4.69) is 20.8 Å². The number of ether oxygens (including phenoxy) is 1. The molecule has 0 saturated carbocycles. The van der Waals surface area contributed by atoms with Crippen molar-refractivity contribution in [2.45, 2.75) is 70.3 Å². The number of nitrogens with zero attached hydrogens (tertiary/aromatic N) is 1. The van der Waals surface area contributed by atoms with Gasteiger partial charge in [-0.25, -0.2) is 13.7 Å². The van der Waals surface area contributed by atoms with Crippen LogP contribution in [0, 0.1) is 17.0 Å². The highest BCUT2D eigenvalue weighted by molar-refractivity contribution is 6.30. The topological polar surface area (TPSA) is 55.6 Å². The first kappa shape index (κ1) is 24.4. The third-order valence-corrected chi connectivity index (χ3v) is 7.13. The fraction of sp³-hybridized carbons (Fsp3) is 0.480. The lowest BCUT2D eigenvalue weighted by atomic mass is 9.68. The summed E-state index contributed by atoms with van der Waals surface area (Å²) in [6.45, 7) is 9.75. The number of hydrogen-bond donors (Lipinski definition) is 1. The number of halogens is 4. The predicted molar refractivity (Wildman–Crippen MR) is 125 cm³/mol. The van der Waals surface area contributed by atoms with Crippen molar-refractivity contribution >= 4 is 29.2 Å². The van der Waals surface area contributed by atoms with Gasteiger partial charge in [0.2, 0.25) is 0 Å².